The minimum absolute atomic E-state index is 0.0506. The highest BCUT2D eigenvalue weighted by molar-refractivity contribution is 7.10. The minimum atomic E-state index is -4.46. The van der Waals surface area contributed by atoms with Crippen LogP contribution in [0.15, 0.2) is 40.3 Å². The van der Waals surface area contributed by atoms with Gasteiger partial charge in [0.2, 0.25) is 5.91 Å². The molecule has 0 spiro atoms. The number of carbonyl (C=O) groups is 1. The molecule has 0 fully saturated rings. The highest BCUT2D eigenvalue weighted by Gasteiger charge is 2.34. The Morgan fingerprint density at radius 2 is 2.08 bits per heavy atom. The molecule has 24 heavy (non-hydrogen) atoms. The monoisotopic (exact) mass is 360 g/mol. The van der Waals surface area contributed by atoms with Crippen LogP contribution in [0.25, 0.3) is 0 Å². The summed E-state index contributed by atoms with van der Waals surface area (Å²) in [6.45, 7) is 0.315. The van der Waals surface area contributed by atoms with Crippen LogP contribution < -0.4 is 0 Å². The van der Waals surface area contributed by atoms with E-state index in [4.69, 9.17) is 4.42 Å². The Balaban J connectivity index is 2.03. The Kier molecular flexibility index (Phi) is 6.06. The third-order valence-corrected chi connectivity index (χ3v) is 4.69. The molecule has 0 aliphatic heterocycles. The van der Waals surface area contributed by atoms with Crippen LogP contribution in [0.3, 0.4) is 0 Å². The normalized spacial score (nSPS) is 13.2. The zero-order chi connectivity index (χ0) is 17.7. The van der Waals surface area contributed by atoms with Gasteiger partial charge in [0.15, 0.2) is 0 Å². The second-order valence-electron chi connectivity index (χ2n) is 5.55. The standard InChI is InChI=1S/C16H19F3N2O2S/c1-12(14-6-4-8-24-14)20(2)10-15(22)21(11-16(17,18)19)9-13-5-3-7-23-13/h3-8,12H,9-11H2,1-2H3. The summed E-state index contributed by atoms with van der Waals surface area (Å²) >= 11 is 1.55. The van der Waals surface area contributed by atoms with E-state index < -0.39 is 18.6 Å². The van der Waals surface area contributed by atoms with Crippen molar-refractivity contribution < 1.29 is 22.4 Å². The van der Waals surface area contributed by atoms with E-state index in [0.29, 0.717) is 5.76 Å². The van der Waals surface area contributed by atoms with Gasteiger partial charge in [-0.3, -0.25) is 9.69 Å². The maximum Gasteiger partial charge on any atom is 0.406 e. The zero-order valence-electron chi connectivity index (χ0n) is 13.4. The van der Waals surface area contributed by atoms with Gasteiger partial charge in [-0.25, -0.2) is 0 Å². The van der Waals surface area contributed by atoms with Gasteiger partial charge >= 0.3 is 6.18 Å². The highest BCUT2D eigenvalue weighted by Crippen LogP contribution is 2.24. The molecule has 0 aromatic carbocycles. The summed E-state index contributed by atoms with van der Waals surface area (Å²) in [4.78, 5) is 15.9. The lowest BCUT2D eigenvalue weighted by molar-refractivity contribution is -0.163. The molecule has 0 saturated carbocycles. The first kappa shape index (κ1) is 18.5. The predicted octanol–water partition coefficient (Wildman–Crippen LogP) is 3.93. The van der Waals surface area contributed by atoms with E-state index in [9.17, 15) is 18.0 Å². The van der Waals surface area contributed by atoms with Crippen molar-refractivity contribution in [2.24, 2.45) is 0 Å². The molecule has 2 heterocycles. The molecule has 2 rings (SSSR count). The molecule has 0 N–H and O–H groups in total. The van der Waals surface area contributed by atoms with E-state index in [1.165, 1.54) is 6.26 Å². The SMILES string of the molecule is CC(c1cccs1)N(C)CC(=O)N(Cc1ccco1)CC(F)(F)F. The number of thiophene rings is 1. The van der Waals surface area contributed by atoms with E-state index in [-0.39, 0.29) is 19.1 Å². The average Bonchev–Trinajstić information content (AvgIpc) is 3.17. The van der Waals surface area contributed by atoms with Crippen molar-refractivity contribution in [3.63, 3.8) is 0 Å². The van der Waals surface area contributed by atoms with Crippen LogP contribution in [-0.2, 0) is 11.3 Å². The fourth-order valence-corrected chi connectivity index (χ4v) is 3.08. The van der Waals surface area contributed by atoms with E-state index in [0.717, 1.165) is 9.78 Å². The van der Waals surface area contributed by atoms with Crippen LogP contribution in [0.1, 0.15) is 23.6 Å². The first-order chi connectivity index (χ1) is 11.3. The van der Waals surface area contributed by atoms with E-state index in [2.05, 4.69) is 0 Å². The minimum Gasteiger partial charge on any atom is -0.467 e. The molecule has 0 radical (unpaired) electrons. The number of rotatable bonds is 7. The van der Waals surface area contributed by atoms with Crippen molar-refractivity contribution >= 4 is 17.2 Å². The van der Waals surface area contributed by atoms with Crippen LogP contribution in [0, 0.1) is 0 Å². The number of halogens is 3. The molecule has 0 aliphatic carbocycles. The first-order valence-electron chi connectivity index (χ1n) is 7.37. The number of amides is 1. The van der Waals surface area contributed by atoms with Gasteiger partial charge in [-0.1, -0.05) is 6.07 Å². The quantitative estimate of drug-likeness (QED) is 0.751. The van der Waals surface area contributed by atoms with Crippen molar-refractivity contribution in [3.05, 3.63) is 46.5 Å². The van der Waals surface area contributed by atoms with Crippen LogP contribution in [0.5, 0.6) is 0 Å². The molecule has 0 bridgehead atoms. The molecule has 2 aromatic rings. The third-order valence-electron chi connectivity index (χ3n) is 3.65. The third kappa shape index (κ3) is 5.38. The Hall–Kier alpha value is -1.80. The molecule has 8 heteroatoms. The van der Waals surface area contributed by atoms with Gasteiger partial charge in [0.05, 0.1) is 19.4 Å². The van der Waals surface area contributed by atoms with Crippen molar-refractivity contribution in [2.75, 3.05) is 20.1 Å². The molecule has 132 valence electrons. The van der Waals surface area contributed by atoms with Crippen LogP contribution >= 0.6 is 11.3 Å². The summed E-state index contributed by atoms with van der Waals surface area (Å²) in [6, 6.07) is 6.92. The molecule has 2 aromatic heterocycles. The topological polar surface area (TPSA) is 36.7 Å². The van der Waals surface area contributed by atoms with Gasteiger partial charge < -0.3 is 9.32 Å². The van der Waals surface area contributed by atoms with Crippen LogP contribution in [-0.4, -0.2) is 42.0 Å². The largest absolute Gasteiger partial charge is 0.467 e. The Bertz CT molecular complexity index is 626. The van der Waals surface area contributed by atoms with Crippen LogP contribution in [0.2, 0.25) is 0 Å². The van der Waals surface area contributed by atoms with Crippen molar-refractivity contribution in [1.29, 1.82) is 0 Å². The van der Waals surface area contributed by atoms with Gasteiger partial charge in [0.1, 0.15) is 12.3 Å². The van der Waals surface area contributed by atoms with E-state index >= 15 is 0 Å². The fraction of sp³-hybridized carbons (Fsp3) is 0.438. The summed E-state index contributed by atoms with van der Waals surface area (Å²) in [5.41, 5.74) is 0. The molecule has 0 saturated heterocycles. The summed E-state index contributed by atoms with van der Waals surface area (Å²) in [6.07, 6.45) is -3.09. The number of carbonyl (C=O) groups excluding carboxylic acids is 1. The predicted molar refractivity (Wildman–Crippen MR) is 85.5 cm³/mol. The number of alkyl halides is 3. The second-order valence-corrected chi connectivity index (χ2v) is 6.53. The molecule has 1 atom stereocenters. The van der Waals surface area contributed by atoms with Gasteiger partial charge in [-0.05, 0) is 37.6 Å². The highest BCUT2D eigenvalue weighted by atomic mass is 32.1. The fourth-order valence-electron chi connectivity index (χ4n) is 2.24. The molecular formula is C16H19F3N2O2S. The molecule has 1 unspecified atom stereocenters. The summed E-state index contributed by atoms with van der Waals surface area (Å²) in [7, 11) is 1.72. The second kappa shape index (κ2) is 7.85. The molecule has 1 amide bonds. The van der Waals surface area contributed by atoms with Crippen LogP contribution in [0.4, 0.5) is 13.2 Å². The zero-order valence-corrected chi connectivity index (χ0v) is 14.2. The lowest BCUT2D eigenvalue weighted by Gasteiger charge is -2.28. The smallest absolute Gasteiger partial charge is 0.406 e. The molecular weight excluding hydrogens is 341 g/mol. The van der Waals surface area contributed by atoms with Gasteiger partial charge in [-0.2, -0.15) is 13.2 Å². The molecule has 4 nitrogen and oxygen atoms in total. The van der Waals surface area contributed by atoms with Crippen molar-refractivity contribution in [2.45, 2.75) is 25.7 Å². The number of likely N-dealkylation sites (N-methyl/N-ethyl adjacent to an activating group) is 1. The first-order valence-corrected chi connectivity index (χ1v) is 8.25. The van der Waals surface area contributed by atoms with E-state index in [1.807, 2.05) is 24.4 Å². The van der Waals surface area contributed by atoms with Crippen molar-refractivity contribution in [1.82, 2.24) is 9.80 Å². The Morgan fingerprint density at radius 3 is 2.62 bits per heavy atom. The van der Waals surface area contributed by atoms with Gasteiger partial charge in [0, 0.05) is 10.9 Å². The summed E-state index contributed by atoms with van der Waals surface area (Å²) in [5, 5.41) is 1.92. The van der Waals surface area contributed by atoms with Gasteiger partial charge in [-0.15, -0.1) is 11.3 Å². The van der Waals surface area contributed by atoms with Crippen molar-refractivity contribution in [3.8, 4) is 0 Å². The molecule has 0 aliphatic rings. The number of furan rings is 1. The maximum absolute atomic E-state index is 12.8. The Morgan fingerprint density at radius 1 is 1.33 bits per heavy atom. The number of hydrogen-bond acceptors (Lipinski definition) is 4. The summed E-state index contributed by atoms with van der Waals surface area (Å²) < 4.78 is 43.4. The average molecular weight is 360 g/mol. The number of hydrogen-bond donors (Lipinski definition) is 0. The van der Waals surface area contributed by atoms with Gasteiger partial charge in [0.25, 0.3) is 0 Å². The van der Waals surface area contributed by atoms with E-state index in [1.54, 1.807) is 35.4 Å². The Labute approximate surface area is 142 Å². The number of nitrogens with zero attached hydrogens (tertiary/aromatic N) is 2. The lowest BCUT2D eigenvalue weighted by Crippen LogP contribution is -2.43. The summed E-state index contributed by atoms with van der Waals surface area (Å²) in [5.74, 6) is -0.267. The maximum atomic E-state index is 12.8. The lowest BCUT2D eigenvalue weighted by atomic mass is 10.2.